The number of nitrogens with one attached hydrogen (secondary N) is 1. The zero-order chi connectivity index (χ0) is 16.4. The second kappa shape index (κ2) is 6.84. The molecule has 3 rings (SSSR count). The summed E-state index contributed by atoms with van der Waals surface area (Å²) < 4.78 is 19.4. The zero-order valence-corrected chi connectivity index (χ0v) is 13.3. The van der Waals surface area contributed by atoms with E-state index in [0.29, 0.717) is 13.2 Å². The van der Waals surface area contributed by atoms with Crippen molar-refractivity contribution in [3.05, 3.63) is 34.6 Å². The first-order chi connectivity index (χ1) is 11.1. The average molecular weight is 341 g/mol. The number of amides is 2. The maximum absolute atomic E-state index is 13.7. The SMILES string of the molecule is O=C(NCC(=O)N1CCOC2CCCC21)c1c(F)cccc1Cl. The van der Waals surface area contributed by atoms with Gasteiger partial charge in [0.25, 0.3) is 5.91 Å². The van der Waals surface area contributed by atoms with Gasteiger partial charge in [-0.05, 0) is 31.4 Å². The Kier molecular flexibility index (Phi) is 4.82. The average Bonchev–Trinajstić information content (AvgIpc) is 3.00. The molecule has 1 heterocycles. The topological polar surface area (TPSA) is 58.6 Å². The van der Waals surface area contributed by atoms with Gasteiger partial charge in [-0.25, -0.2) is 4.39 Å². The molecular weight excluding hydrogens is 323 g/mol. The molecule has 2 atom stereocenters. The van der Waals surface area contributed by atoms with Crippen molar-refractivity contribution < 1.29 is 18.7 Å². The quantitative estimate of drug-likeness (QED) is 0.915. The van der Waals surface area contributed by atoms with E-state index in [2.05, 4.69) is 5.32 Å². The molecule has 5 nitrogen and oxygen atoms in total. The lowest BCUT2D eigenvalue weighted by Crippen LogP contribution is -2.53. The molecule has 1 saturated carbocycles. The van der Waals surface area contributed by atoms with Crippen molar-refractivity contribution in [3.63, 3.8) is 0 Å². The van der Waals surface area contributed by atoms with E-state index in [1.165, 1.54) is 12.1 Å². The molecule has 23 heavy (non-hydrogen) atoms. The van der Waals surface area contributed by atoms with E-state index in [-0.39, 0.29) is 35.2 Å². The van der Waals surface area contributed by atoms with Crippen molar-refractivity contribution in [1.29, 1.82) is 0 Å². The maximum Gasteiger partial charge on any atom is 0.256 e. The second-order valence-corrected chi connectivity index (χ2v) is 6.18. The number of hydrogen-bond acceptors (Lipinski definition) is 3. The van der Waals surface area contributed by atoms with Crippen LogP contribution in [0.1, 0.15) is 29.6 Å². The van der Waals surface area contributed by atoms with Gasteiger partial charge in [0.05, 0.1) is 35.9 Å². The Morgan fingerprint density at radius 3 is 3.00 bits per heavy atom. The Balaban J connectivity index is 1.61. The predicted octanol–water partition coefficient (Wildman–Crippen LogP) is 1.99. The molecule has 2 unspecified atom stereocenters. The number of morpholine rings is 1. The fourth-order valence-corrected chi connectivity index (χ4v) is 3.54. The fourth-order valence-electron chi connectivity index (χ4n) is 3.30. The van der Waals surface area contributed by atoms with Gasteiger partial charge < -0.3 is 15.0 Å². The van der Waals surface area contributed by atoms with Crippen LogP contribution in [0.15, 0.2) is 18.2 Å². The van der Waals surface area contributed by atoms with E-state index in [1.54, 1.807) is 4.90 Å². The molecule has 0 spiro atoms. The van der Waals surface area contributed by atoms with Crippen LogP contribution in [0.3, 0.4) is 0 Å². The summed E-state index contributed by atoms with van der Waals surface area (Å²) >= 11 is 5.85. The summed E-state index contributed by atoms with van der Waals surface area (Å²) in [5.41, 5.74) is -0.234. The molecule has 0 radical (unpaired) electrons. The minimum atomic E-state index is -0.704. The van der Waals surface area contributed by atoms with Crippen molar-refractivity contribution >= 4 is 23.4 Å². The van der Waals surface area contributed by atoms with E-state index in [0.717, 1.165) is 25.3 Å². The van der Waals surface area contributed by atoms with Crippen LogP contribution in [-0.4, -0.2) is 48.6 Å². The van der Waals surface area contributed by atoms with Crippen molar-refractivity contribution in [2.24, 2.45) is 0 Å². The first kappa shape index (κ1) is 16.2. The van der Waals surface area contributed by atoms with Gasteiger partial charge in [-0.2, -0.15) is 0 Å². The number of rotatable bonds is 3. The molecule has 2 aliphatic rings. The minimum Gasteiger partial charge on any atom is -0.374 e. The van der Waals surface area contributed by atoms with Crippen molar-refractivity contribution in [2.75, 3.05) is 19.7 Å². The molecule has 1 aliphatic heterocycles. The molecule has 1 aliphatic carbocycles. The van der Waals surface area contributed by atoms with E-state index in [4.69, 9.17) is 16.3 Å². The highest BCUT2D eigenvalue weighted by molar-refractivity contribution is 6.33. The molecule has 2 fully saturated rings. The molecule has 1 aromatic rings. The summed E-state index contributed by atoms with van der Waals surface area (Å²) in [5, 5.41) is 2.49. The summed E-state index contributed by atoms with van der Waals surface area (Å²) in [7, 11) is 0. The Labute approximate surface area is 138 Å². The summed E-state index contributed by atoms with van der Waals surface area (Å²) in [4.78, 5) is 26.2. The number of carbonyl (C=O) groups excluding carboxylic acids is 2. The van der Waals surface area contributed by atoms with Crippen molar-refractivity contribution in [1.82, 2.24) is 10.2 Å². The van der Waals surface area contributed by atoms with Crippen LogP contribution in [0.4, 0.5) is 4.39 Å². The summed E-state index contributed by atoms with van der Waals surface area (Å²) in [6, 6.07) is 4.11. The molecule has 2 amide bonds. The summed E-state index contributed by atoms with van der Waals surface area (Å²) in [6.45, 7) is 0.864. The van der Waals surface area contributed by atoms with Crippen LogP contribution < -0.4 is 5.32 Å². The predicted molar refractivity (Wildman–Crippen MR) is 82.8 cm³/mol. The minimum absolute atomic E-state index is 0.0252. The van der Waals surface area contributed by atoms with Gasteiger partial charge in [0.2, 0.25) is 5.91 Å². The highest BCUT2D eigenvalue weighted by Crippen LogP contribution is 2.29. The van der Waals surface area contributed by atoms with Crippen LogP contribution in [-0.2, 0) is 9.53 Å². The molecule has 7 heteroatoms. The van der Waals surface area contributed by atoms with Gasteiger partial charge in [0, 0.05) is 6.54 Å². The van der Waals surface area contributed by atoms with Crippen LogP contribution >= 0.6 is 11.6 Å². The molecule has 1 N–H and O–H groups in total. The smallest absolute Gasteiger partial charge is 0.256 e. The molecule has 1 aromatic carbocycles. The summed E-state index contributed by atoms with van der Waals surface area (Å²) in [5.74, 6) is -1.56. The number of carbonyl (C=O) groups is 2. The van der Waals surface area contributed by atoms with Gasteiger partial charge in [-0.3, -0.25) is 9.59 Å². The third kappa shape index (κ3) is 3.33. The molecule has 124 valence electrons. The van der Waals surface area contributed by atoms with Crippen molar-refractivity contribution in [2.45, 2.75) is 31.4 Å². The second-order valence-electron chi connectivity index (χ2n) is 5.77. The third-order valence-corrected chi connectivity index (χ3v) is 4.71. The molecule has 0 aromatic heterocycles. The summed E-state index contributed by atoms with van der Waals surface area (Å²) in [6.07, 6.45) is 3.02. The Hall–Kier alpha value is -1.66. The largest absolute Gasteiger partial charge is 0.374 e. The molecular formula is C16H18ClFN2O3. The number of benzene rings is 1. The molecule has 1 saturated heterocycles. The van der Waals surface area contributed by atoms with Crippen LogP contribution in [0.2, 0.25) is 5.02 Å². The third-order valence-electron chi connectivity index (χ3n) is 4.39. The lowest BCUT2D eigenvalue weighted by Gasteiger charge is -2.37. The Morgan fingerprint density at radius 1 is 1.39 bits per heavy atom. The number of ether oxygens (including phenoxy) is 1. The van der Waals surface area contributed by atoms with E-state index in [1.807, 2.05) is 0 Å². The maximum atomic E-state index is 13.7. The Bertz CT molecular complexity index is 605. The first-order valence-corrected chi connectivity index (χ1v) is 8.09. The van der Waals surface area contributed by atoms with E-state index in [9.17, 15) is 14.0 Å². The van der Waals surface area contributed by atoms with E-state index < -0.39 is 11.7 Å². The number of nitrogens with zero attached hydrogens (tertiary/aromatic N) is 1. The lowest BCUT2D eigenvalue weighted by molar-refractivity contribution is -0.142. The normalized spacial score (nSPS) is 23.5. The monoisotopic (exact) mass is 340 g/mol. The van der Waals surface area contributed by atoms with Crippen LogP contribution in [0.5, 0.6) is 0 Å². The van der Waals surface area contributed by atoms with Crippen LogP contribution in [0.25, 0.3) is 0 Å². The first-order valence-electron chi connectivity index (χ1n) is 7.71. The molecule has 0 bridgehead atoms. The van der Waals surface area contributed by atoms with Gasteiger partial charge >= 0.3 is 0 Å². The van der Waals surface area contributed by atoms with Gasteiger partial charge in [0.1, 0.15) is 5.82 Å². The van der Waals surface area contributed by atoms with Crippen molar-refractivity contribution in [3.8, 4) is 0 Å². The zero-order valence-electron chi connectivity index (χ0n) is 12.6. The van der Waals surface area contributed by atoms with Crippen LogP contribution in [0, 0.1) is 5.82 Å². The van der Waals surface area contributed by atoms with Gasteiger partial charge in [-0.15, -0.1) is 0 Å². The Morgan fingerprint density at radius 2 is 2.22 bits per heavy atom. The fraction of sp³-hybridized carbons (Fsp3) is 0.500. The highest BCUT2D eigenvalue weighted by Gasteiger charge is 2.38. The standard InChI is InChI=1S/C16H18ClFN2O3/c17-10-3-1-4-11(18)15(10)16(22)19-9-14(21)20-7-8-23-13-6-2-5-12(13)20/h1,3-4,12-13H,2,5-9H2,(H,19,22). The highest BCUT2D eigenvalue weighted by atomic mass is 35.5. The number of hydrogen-bond donors (Lipinski definition) is 1. The lowest BCUT2D eigenvalue weighted by atomic mass is 10.1. The van der Waals surface area contributed by atoms with Gasteiger partial charge in [0.15, 0.2) is 0 Å². The number of fused-ring (bicyclic) bond motifs is 1. The van der Waals surface area contributed by atoms with E-state index >= 15 is 0 Å². The number of halogens is 2. The van der Waals surface area contributed by atoms with Gasteiger partial charge in [-0.1, -0.05) is 17.7 Å².